The van der Waals surface area contributed by atoms with Crippen LogP contribution in [-0.2, 0) is 10.0 Å². The van der Waals surface area contributed by atoms with Crippen LogP contribution in [0, 0.1) is 5.92 Å². The maximum atomic E-state index is 12.0. The first kappa shape index (κ1) is 16.4. The van der Waals surface area contributed by atoms with Crippen LogP contribution in [0.15, 0.2) is 27.6 Å². The van der Waals surface area contributed by atoms with Gasteiger partial charge in [0.05, 0.1) is 22.6 Å². The van der Waals surface area contributed by atoms with Crippen molar-refractivity contribution < 1.29 is 18.3 Å². The molecular weight excluding hydrogens is 334 g/mol. The fourth-order valence-corrected chi connectivity index (χ4v) is 3.10. The molecule has 2 N–H and O–H groups in total. The van der Waals surface area contributed by atoms with Gasteiger partial charge in [-0.25, -0.2) is 13.1 Å². The van der Waals surface area contributed by atoms with E-state index >= 15 is 0 Å². The van der Waals surface area contributed by atoms with Crippen LogP contribution in [-0.4, -0.2) is 33.3 Å². The zero-order valence-corrected chi connectivity index (χ0v) is 13.5. The molecule has 0 aromatic heterocycles. The Morgan fingerprint density at radius 3 is 2.53 bits per heavy atom. The summed E-state index contributed by atoms with van der Waals surface area (Å²) in [4.78, 5) is 0.121. The first-order valence-electron chi connectivity index (χ1n) is 5.79. The van der Waals surface area contributed by atoms with Gasteiger partial charge in [0.25, 0.3) is 0 Å². The minimum atomic E-state index is -3.63. The van der Waals surface area contributed by atoms with Gasteiger partial charge in [-0.2, -0.15) is 0 Å². The Kier molecular flexibility index (Phi) is 5.79. The predicted molar refractivity (Wildman–Crippen MR) is 76.7 cm³/mol. The second kappa shape index (κ2) is 6.69. The summed E-state index contributed by atoms with van der Waals surface area (Å²) in [7, 11) is -2.13. The van der Waals surface area contributed by atoms with Crippen molar-refractivity contribution in [2.24, 2.45) is 5.92 Å². The van der Waals surface area contributed by atoms with Gasteiger partial charge in [-0.15, -0.1) is 0 Å². The average molecular weight is 352 g/mol. The van der Waals surface area contributed by atoms with Crippen LogP contribution in [0.3, 0.4) is 0 Å². The second-order valence-corrected chi connectivity index (χ2v) is 7.08. The molecule has 1 rings (SSSR count). The van der Waals surface area contributed by atoms with Crippen LogP contribution in [0.2, 0.25) is 0 Å². The van der Waals surface area contributed by atoms with Crippen LogP contribution < -0.4 is 9.46 Å². The highest BCUT2D eigenvalue weighted by atomic mass is 79.9. The lowest BCUT2D eigenvalue weighted by Crippen LogP contribution is -2.34. The van der Waals surface area contributed by atoms with Crippen molar-refractivity contribution >= 4 is 26.0 Å². The summed E-state index contributed by atoms with van der Waals surface area (Å²) in [5.74, 6) is 0.548. The predicted octanol–water partition coefficient (Wildman–Crippen LogP) is 1.75. The van der Waals surface area contributed by atoms with E-state index in [2.05, 4.69) is 20.7 Å². The van der Waals surface area contributed by atoms with Gasteiger partial charge in [0.2, 0.25) is 10.0 Å². The monoisotopic (exact) mass is 351 g/mol. The van der Waals surface area contributed by atoms with E-state index in [1.165, 1.54) is 19.2 Å². The fraction of sp³-hybridized carbons (Fsp3) is 0.500. The largest absolute Gasteiger partial charge is 0.496 e. The van der Waals surface area contributed by atoms with E-state index in [9.17, 15) is 13.5 Å². The molecule has 0 fully saturated rings. The first-order valence-corrected chi connectivity index (χ1v) is 8.07. The van der Waals surface area contributed by atoms with E-state index in [0.717, 1.165) is 0 Å². The lowest BCUT2D eigenvalue weighted by atomic mass is 10.1. The number of halogens is 1. The summed E-state index contributed by atoms with van der Waals surface area (Å²) >= 11 is 3.24. The molecular formula is C12H18BrNO4S. The molecule has 7 heteroatoms. The molecule has 1 atom stereocenters. The topological polar surface area (TPSA) is 75.6 Å². The number of sulfonamides is 1. The van der Waals surface area contributed by atoms with E-state index in [0.29, 0.717) is 10.2 Å². The summed E-state index contributed by atoms with van der Waals surface area (Å²) in [5.41, 5.74) is 0. The molecule has 0 saturated carbocycles. The van der Waals surface area contributed by atoms with Crippen molar-refractivity contribution in [3.8, 4) is 5.75 Å². The number of ether oxygens (including phenoxy) is 1. The third kappa shape index (κ3) is 4.45. The minimum Gasteiger partial charge on any atom is -0.496 e. The smallest absolute Gasteiger partial charge is 0.240 e. The van der Waals surface area contributed by atoms with Crippen molar-refractivity contribution in [1.29, 1.82) is 0 Å². The molecule has 1 aromatic rings. The molecule has 0 radical (unpaired) electrons. The summed E-state index contributed by atoms with van der Waals surface area (Å²) in [6.07, 6.45) is -0.712. The summed E-state index contributed by atoms with van der Waals surface area (Å²) in [6.45, 7) is 3.63. The number of methoxy groups -OCH3 is 1. The lowest BCUT2D eigenvalue weighted by molar-refractivity contribution is 0.129. The zero-order chi connectivity index (χ0) is 14.6. The Morgan fingerprint density at radius 1 is 1.42 bits per heavy atom. The minimum absolute atomic E-state index is 0.00898. The van der Waals surface area contributed by atoms with Gasteiger partial charge in [0.1, 0.15) is 5.75 Å². The van der Waals surface area contributed by atoms with Gasteiger partial charge in [-0.3, -0.25) is 0 Å². The SMILES string of the molecule is COc1ccc(S(=O)(=O)NCC(O)C(C)C)cc1Br. The van der Waals surface area contributed by atoms with Gasteiger partial charge in [-0.05, 0) is 40.0 Å². The van der Waals surface area contributed by atoms with Crippen LogP contribution in [0.4, 0.5) is 0 Å². The number of benzene rings is 1. The Labute approximate surface area is 122 Å². The number of hydrogen-bond acceptors (Lipinski definition) is 4. The summed E-state index contributed by atoms with van der Waals surface area (Å²) in [6, 6.07) is 4.48. The molecule has 0 bridgehead atoms. The molecule has 0 heterocycles. The number of aliphatic hydroxyl groups is 1. The molecule has 0 aliphatic heterocycles. The van der Waals surface area contributed by atoms with Gasteiger partial charge >= 0.3 is 0 Å². The van der Waals surface area contributed by atoms with Crippen LogP contribution in [0.25, 0.3) is 0 Å². The van der Waals surface area contributed by atoms with Crippen molar-refractivity contribution in [2.75, 3.05) is 13.7 Å². The number of rotatable bonds is 6. The zero-order valence-electron chi connectivity index (χ0n) is 11.1. The third-order valence-electron chi connectivity index (χ3n) is 2.69. The molecule has 19 heavy (non-hydrogen) atoms. The van der Waals surface area contributed by atoms with Gasteiger partial charge in [-0.1, -0.05) is 13.8 Å². The van der Waals surface area contributed by atoms with E-state index in [4.69, 9.17) is 4.74 Å². The molecule has 0 amide bonds. The molecule has 0 aliphatic carbocycles. The second-order valence-electron chi connectivity index (χ2n) is 4.46. The highest BCUT2D eigenvalue weighted by molar-refractivity contribution is 9.10. The summed E-state index contributed by atoms with van der Waals surface area (Å²) < 4.78 is 32.0. The fourth-order valence-electron chi connectivity index (χ4n) is 1.33. The number of hydrogen-bond donors (Lipinski definition) is 2. The first-order chi connectivity index (χ1) is 8.77. The van der Waals surface area contributed by atoms with Gasteiger partial charge < -0.3 is 9.84 Å². The summed E-state index contributed by atoms with van der Waals surface area (Å²) in [5, 5.41) is 9.62. The molecule has 5 nitrogen and oxygen atoms in total. The highest BCUT2D eigenvalue weighted by Crippen LogP contribution is 2.27. The Bertz CT molecular complexity index is 531. The third-order valence-corrected chi connectivity index (χ3v) is 4.73. The quantitative estimate of drug-likeness (QED) is 0.818. The normalized spacial score (nSPS) is 13.6. The molecule has 1 unspecified atom stereocenters. The number of nitrogens with one attached hydrogen (secondary N) is 1. The standard InChI is InChI=1S/C12H18BrNO4S/c1-8(2)11(15)7-14-19(16,17)9-4-5-12(18-3)10(13)6-9/h4-6,8,11,14-15H,7H2,1-3H3. The van der Waals surface area contributed by atoms with Crippen LogP contribution in [0.1, 0.15) is 13.8 Å². The molecule has 108 valence electrons. The van der Waals surface area contributed by atoms with E-state index in [1.54, 1.807) is 6.07 Å². The van der Waals surface area contributed by atoms with E-state index in [1.807, 2.05) is 13.8 Å². The van der Waals surface area contributed by atoms with Crippen LogP contribution in [0.5, 0.6) is 5.75 Å². The van der Waals surface area contributed by atoms with E-state index in [-0.39, 0.29) is 17.4 Å². The van der Waals surface area contributed by atoms with Crippen LogP contribution >= 0.6 is 15.9 Å². The molecule has 0 saturated heterocycles. The van der Waals surface area contributed by atoms with Crippen molar-refractivity contribution in [3.05, 3.63) is 22.7 Å². The Balaban J connectivity index is 2.86. The van der Waals surface area contributed by atoms with Gasteiger partial charge in [0, 0.05) is 6.54 Å². The van der Waals surface area contributed by atoms with Gasteiger partial charge in [0.15, 0.2) is 0 Å². The van der Waals surface area contributed by atoms with Crippen molar-refractivity contribution in [3.63, 3.8) is 0 Å². The Hall–Kier alpha value is -0.630. The average Bonchev–Trinajstić information content (AvgIpc) is 2.35. The maximum absolute atomic E-state index is 12.0. The van der Waals surface area contributed by atoms with Crippen molar-refractivity contribution in [1.82, 2.24) is 4.72 Å². The molecule has 0 aliphatic rings. The maximum Gasteiger partial charge on any atom is 0.240 e. The molecule has 0 spiro atoms. The van der Waals surface area contributed by atoms with E-state index < -0.39 is 16.1 Å². The highest BCUT2D eigenvalue weighted by Gasteiger charge is 2.18. The Morgan fingerprint density at radius 2 is 2.05 bits per heavy atom. The molecule has 1 aromatic carbocycles. The van der Waals surface area contributed by atoms with Crippen molar-refractivity contribution in [2.45, 2.75) is 24.8 Å². The number of aliphatic hydroxyl groups excluding tert-OH is 1. The lowest BCUT2D eigenvalue weighted by Gasteiger charge is -2.15.